The van der Waals surface area contributed by atoms with Gasteiger partial charge in [-0.05, 0) is 182 Å². The predicted octanol–water partition coefficient (Wildman–Crippen LogP) is 19.2. The molecular weight excluding hydrogens is 1410 g/mol. The van der Waals surface area contributed by atoms with E-state index in [-0.39, 0.29) is 27.2 Å². The highest BCUT2D eigenvalue weighted by Crippen LogP contribution is 2.41. The topological polar surface area (TPSA) is 259 Å². The Morgan fingerprint density at radius 2 is 0.657 bits per heavy atom. The molecule has 99 heavy (non-hydrogen) atoms. The van der Waals surface area contributed by atoms with Crippen LogP contribution in [0.4, 0.5) is 0 Å². The first-order chi connectivity index (χ1) is 46.8. The zero-order valence-electron chi connectivity index (χ0n) is 55.0. The van der Waals surface area contributed by atoms with Crippen molar-refractivity contribution in [1.29, 1.82) is 0 Å². The molecule has 1 unspecified atom stereocenters. The lowest BCUT2D eigenvalue weighted by Crippen LogP contribution is -2.44. The van der Waals surface area contributed by atoms with Gasteiger partial charge in [0, 0.05) is 61.1 Å². The average Bonchev–Trinajstić information content (AvgIpc) is 1.01. The van der Waals surface area contributed by atoms with Crippen molar-refractivity contribution in [2.45, 2.75) is 152 Å². The van der Waals surface area contributed by atoms with Crippen molar-refractivity contribution in [2.75, 3.05) is 19.8 Å². The Morgan fingerprint density at radius 1 is 0.384 bits per heavy atom. The molecule has 0 aromatic heterocycles. The third-order valence-electron chi connectivity index (χ3n) is 16.1. The molecular formula is C76H90Cl3N3O12P2S3. The molecule has 0 amide bonds. The van der Waals surface area contributed by atoms with E-state index in [1.165, 1.54) is 0 Å². The van der Waals surface area contributed by atoms with E-state index in [2.05, 4.69) is 33.3 Å². The molecule has 0 saturated heterocycles. The summed E-state index contributed by atoms with van der Waals surface area (Å²) in [6, 6.07) is 71.9. The highest BCUT2D eigenvalue weighted by Gasteiger charge is 2.30. The second kappa shape index (κ2) is 40.9. The molecule has 0 spiro atoms. The zero-order chi connectivity index (χ0) is 70.6. The Kier molecular flexibility index (Phi) is 34.0. The number of phosphoric acid groups is 2. The summed E-state index contributed by atoms with van der Waals surface area (Å²) in [6.45, 7) is 6.83. The van der Waals surface area contributed by atoms with Crippen LogP contribution in [-0.2, 0) is 57.3 Å². The van der Waals surface area contributed by atoms with Gasteiger partial charge in [0.2, 0.25) is 0 Å². The molecule has 0 aliphatic rings. The van der Waals surface area contributed by atoms with Crippen LogP contribution >= 0.6 is 85.7 Å². The van der Waals surface area contributed by atoms with E-state index in [1.807, 2.05) is 215 Å². The molecule has 3 atom stereocenters. The van der Waals surface area contributed by atoms with Gasteiger partial charge in [0.05, 0.1) is 19.8 Å². The van der Waals surface area contributed by atoms with Crippen LogP contribution < -0.4 is 31.4 Å². The SMILES string of the molecule is C.CCC(N)(CO)CCc1ccc(Sc2cccc(OCc3ccccc3)c2)cc1Cl.CC[C@@](N)(CCc1ccc(Sc2cccc(OCc3ccccc3)c2)cc1Cl)COP(=O)(O)O.CC[C@](N)(CCc1ccc(Sc2cccc(OCc3ccccc3)c2)cc1Cl)COP(=O)(O)O. The van der Waals surface area contributed by atoms with Crippen LogP contribution in [0.25, 0.3) is 0 Å². The van der Waals surface area contributed by atoms with Crippen LogP contribution in [0.2, 0.25) is 15.1 Å². The number of phosphoric ester groups is 2. The van der Waals surface area contributed by atoms with Crippen molar-refractivity contribution in [3.05, 3.63) is 267 Å². The van der Waals surface area contributed by atoms with E-state index in [0.717, 1.165) is 97.9 Å². The number of aliphatic hydroxyl groups is 1. The minimum atomic E-state index is -4.56. The van der Waals surface area contributed by atoms with Crippen LogP contribution in [0.3, 0.4) is 0 Å². The minimum absolute atomic E-state index is 0. The van der Waals surface area contributed by atoms with Crippen molar-refractivity contribution in [3.8, 4) is 17.2 Å². The molecule has 11 N–H and O–H groups in total. The van der Waals surface area contributed by atoms with Gasteiger partial charge in [0.1, 0.15) is 37.1 Å². The third kappa shape index (κ3) is 30.1. The molecule has 0 radical (unpaired) electrons. The Labute approximate surface area is 611 Å². The van der Waals surface area contributed by atoms with Crippen molar-refractivity contribution in [2.24, 2.45) is 17.2 Å². The molecule has 0 saturated carbocycles. The fourth-order valence-corrected chi connectivity index (χ4v) is 14.1. The fraction of sp³-hybridized carbons (Fsp3) is 0.289. The lowest BCUT2D eigenvalue weighted by atomic mass is 9.90. The molecule has 0 aliphatic heterocycles. The minimum Gasteiger partial charge on any atom is -0.489 e. The maximum Gasteiger partial charge on any atom is 0.469 e. The van der Waals surface area contributed by atoms with Crippen molar-refractivity contribution in [1.82, 2.24) is 0 Å². The molecule has 530 valence electrons. The monoisotopic (exact) mass is 1500 g/mol. The first kappa shape index (κ1) is 82.3. The summed E-state index contributed by atoms with van der Waals surface area (Å²) < 4.78 is 49.1. The first-order valence-corrected chi connectivity index (χ1v) is 38.5. The van der Waals surface area contributed by atoms with Crippen molar-refractivity contribution in [3.63, 3.8) is 0 Å². The van der Waals surface area contributed by atoms with Gasteiger partial charge in [-0.2, -0.15) is 0 Å². The van der Waals surface area contributed by atoms with Gasteiger partial charge in [-0.1, -0.05) is 226 Å². The third-order valence-corrected chi connectivity index (χ3v) is 21.0. The van der Waals surface area contributed by atoms with Crippen LogP contribution in [0.1, 0.15) is 100 Å². The summed E-state index contributed by atoms with van der Waals surface area (Å²) in [5, 5.41) is 11.5. The molecule has 9 aromatic rings. The normalized spacial score (nSPS) is 13.2. The van der Waals surface area contributed by atoms with Gasteiger partial charge in [0.25, 0.3) is 0 Å². The Morgan fingerprint density at radius 3 is 0.909 bits per heavy atom. The Balaban J connectivity index is 0.000000233. The maximum atomic E-state index is 11.0. The Bertz CT molecular complexity index is 3840. The van der Waals surface area contributed by atoms with Gasteiger partial charge >= 0.3 is 15.6 Å². The van der Waals surface area contributed by atoms with Gasteiger partial charge in [-0.15, -0.1) is 0 Å². The lowest BCUT2D eigenvalue weighted by Gasteiger charge is -2.28. The number of aryl methyl sites for hydroxylation is 3. The summed E-state index contributed by atoms with van der Waals surface area (Å²) in [6.07, 6.45) is 5.32. The summed E-state index contributed by atoms with van der Waals surface area (Å²) in [5.74, 6) is 2.44. The summed E-state index contributed by atoms with van der Waals surface area (Å²) >= 11 is 24.4. The number of hydrogen-bond acceptors (Lipinski definition) is 14. The number of hydrogen-bond donors (Lipinski definition) is 8. The van der Waals surface area contributed by atoms with Crippen molar-refractivity contribution >= 4 is 85.7 Å². The summed E-state index contributed by atoms with van der Waals surface area (Å²) in [5.41, 5.74) is 22.8. The number of rotatable bonds is 34. The smallest absolute Gasteiger partial charge is 0.469 e. The van der Waals surface area contributed by atoms with E-state index in [9.17, 15) is 14.2 Å². The number of halogens is 3. The van der Waals surface area contributed by atoms with E-state index in [1.54, 1.807) is 35.3 Å². The van der Waals surface area contributed by atoms with E-state index in [0.29, 0.717) is 74.8 Å². The van der Waals surface area contributed by atoms with Gasteiger partial charge in [-0.25, -0.2) is 9.13 Å². The van der Waals surface area contributed by atoms with Crippen LogP contribution in [0.15, 0.2) is 248 Å². The first-order valence-electron chi connectivity index (χ1n) is 31.9. The molecule has 0 aliphatic carbocycles. The van der Waals surface area contributed by atoms with E-state index in [4.69, 9.17) is 85.8 Å². The number of nitrogens with two attached hydrogens (primary N) is 3. The molecule has 23 heteroatoms. The van der Waals surface area contributed by atoms with Gasteiger partial charge in [0.15, 0.2) is 0 Å². The Hall–Kier alpha value is -5.64. The number of aliphatic hydroxyl groups excluding tert-OH is 1. The average molecular weight is 1500 g/mol. The standard InChI is InChI=1S/2C25H29ClNO5PS.C25H28ClNO2S.CH4/c2*1-2-25(27,18-32-33(28,29)30)14-13-20-11-12-23(16-24(20)26)34-22-10-6-9-21(15-22)31-17-19-7-4-3-5-8-19;1-2-25(27,18-28)14-13-20-11-12-23(16-24(20)26)30-22-10-6-9-21(15-22)29-17-19-7-4-3-5-8-19;/h2*3-12,15-16H,2,13-14,17-18,27H2,1H3,(H2,28,29,30);3-12,15-16,28H,2,13-14,17-18,27H2,1H3;1H4/t2*25-;;/m10../s1. The molecule has 9 rings (SSSR count). The zero-order valence-corrected chi connectivity index (χ0v) is 61.5. The lowest BCUT2D eigenvalue weighted by molar-refractivity contribution is 0.144. The molecule has 0 bridgehead atoms. The van der Waals surface area contributed by atoms with Gasteiger partial charge in [-0.3, -0.25) is 9.05 Å². The van der Waals surface area contributed by atoms with Crippen LogP contribution in [0, 0.1) is 0 Å². The predicted molar refractivity (Wildman–Crippen MR) is 405 cm³/mol. The van der Waals surface area contributed by atoms with E-state index >= 15 is 0 Å². The fourth-order valence-electron chi connectivity index (χ4n) is 9.54. The number of benzene rings is 9. The van der Waals surface area contributed by atoms with Crippen molar-refractivity contribution < 1.29 is 57.1 Å². The molecule has 0 heterocycles. The number of ether oxygens (including phenoxy) is 3. The highest BCUT2D eigenvalue weighted by atomic mass is 35.5. The quantitative estimate of drug-likeness (QED) is 0.0174. The maximum absolute atomic E-state index is 11.0. The second-order valence-corrected chi connectivity index (χ2v) is 30.8. The van der Waals surface area contributed by atoms with Crippen LogP contribution in [0.5, 0.6) is 17.2 Å². The van der Waals surface area contributed by atoms with Gasteiger partial charge < -0.3 is 56.1 Å². The van der Waals surface area contributed by atoms with Crippen LogP contribution in [-0.4, -0.2) is 61.1 Å². The molecule has 0 fully saturated rings. The van der Waals surface area contributed by atoms with E-state index < -0.39 is 32.3 Å². The molecule has 15 nitrogen and oxygen atoms in total. The molecule has 9 aromatic carbocycles. The summed E-state index contributed by atoms with van der Waals surface area (Å²) in [4.78, 5) is 42.1. The summed E-state index contributed by atoms with van der Waals surface area (Å²) in [7, 11) is -9.12. The largest absolute Gasteiger partial charge is 0.489 e. The highest BCUT2D eigenvalue weighted by molar-refractivity contribution is 7.99. The second-order valence-electron chi connectivity index (χ2n) is 23.6.